The van der Waals surface area contributed by atoms with Crippen molar-refractivity contribution in [3.05, 3.63) is 71.3 Å². The van der Waals surface area contributed by atoms with E-state index < -0.39 is 0 Å². The van der Waals surface area contributed by atoms with Crippen molar-refractivity contribution in [3.8, 4) is 11.3 Å². The summed E-state index contributed by atoms with van der Waals surface area (Å²) in [5.74, 6) is 1.16. The lowest BCUT2D eigenvalue weighted by atomic mass is 10.1. The molecule has 0 atom stereocenters. The van der Waals surface area contributed by atoms with Gasteiger partial charge in [-0.1, -0.05) is 54.6 Å². The molecule has 0 unspecified atom stereocenters. The summed E-state index contributed by atoms with van der Waals surface area (Å²) in [5.41, 5.74) is 6.72. The highest BCUT2D eigenvalue weighted by Crippen LogP contribution is 2.39. The van der Waals surface area contributed by atoms with Crippen molar-refractivity contribution >= 4 is 5.82 Å². The molecule has 4 heteroatoms. The first-order valence-corrected chi connectivity index (χ1v) is 9.05. The Kier molecular flexibility index (Phi) is 3.56. The van der Waals surface area contributed by atoms with Gasteiger partial charge < -0.3 is 4.90 Å². The molecule has 1 aliphatic carbocycles. The number of aromatic nitrogens is 2. The lowest BCUT2D eigenvalue weighted by molar-refractivity contribution is 0.249. The van der Waals surface area contributed by atoms with E-state index in [0.29, 0.717) is 0 Å². The number of benzene rings is 2. The minimum absolute atomic E-state index is 1.00. The van der Waals surface area contributed by atoms with Crippen LogP contribution in [0.5, 0.6) is 0 Å². The van der Waals surface area contributed by atoms with Crippen LogP contribution in [0.15, 0.2) is 54.6 Å². The van der Waals surface area contributed by atoms with E-state index in [9.17, 15) is 0 Å². The molecule has 0 spiro atoms. The SMILES string of the molecule is c1ccc(CN2CCN(c3n[nH]c4c3Cc3ccccc3-4)CC2)cc1. The summed E-state index contributed by atoms with van der Waals surface area (Å²) < 4.78 is 0. The van der Waals surface area contributed by atoms with Gasteiger partial charge in [0.1, 0.15) is 0 Å². The van der Waals surface area contributed by atoms with E-state index in [1.165, 1.54) is 27.9 Å². The summed E-state index contributed by atoms with van der Waals surface area (Å²) in [4.78, 5) is 4.98. The van der Waals surface area contributed by atoms with Gasteiger partial charge in [0.05, 0.1) is 5.69 Å². The summed E-state index contributed by atoms with van der Waals surface area (Å²) in [6.45, 7) is 5.30. The zero-order valence-corrected chi connectivity index (χ0v) is 14.3. The predicted octanol–water partition coefficient (Wildman–Crippen LogP) is 3.30. The van der Waals surface area contributed by atoms with Gasteiger partial charge in [-0.05, 0) is 11.1 Å². The Balaban J connectivity index is 1.29. The number of fused-ring (bicyclic) bond motifs is 3. The van der Waals surface area contributed by atoms with Crippen LogP contribution in [0.4, 0.5) is 5.82 Å². The fourth-order valence-corrected chi connectivity index (χ4v) is 4.08. The van der Waals surface area contributed by atoms with Crippen molar-refractivity contribution in [1.29, 1.82) is 0 Å². The van der Waals surface area contributed by atoms with Gasteiger partial charge in [-0.25, -0.2) is 0 Å². The number of nitrogens with zero attached hydrogens (tertiary/aromatic N) is 3. The molecule has 5 rings (SSSR count). The highest BCUT2D eigenvalue weighted by molar-refractivity contribution is 5.78. The van der Waals surface area contributed by atoms with Gasteiger partial charge in [-0.3, -0.25) is 10.00 Å². The Morgan fingerprint density at radius 2 is 1.64 bits per heavy atom. The molecule has 126 valence electrons. The molecular weight excluding hydrogens is 308 g/mol. The minimum Gasteiger partial charge on any atom is -0.352 e. The van der Waals surface area contributed by atoms with Gasteiger partial charge in [0.15, 0.2) is 5.82 Å². The van der Waals surface area contributed by atoms with Crippen molar-refractivity contribution in [1.82, 2.24) is 15.1 Å². The van der Waals surface area contributed by atoms with E-state index in [2.05, 4.69) is 74.6 Å². The maximum atomic E-state index is 4.65. The first-order chi connectivity index (χ1) is 12.4. The molecule has 1 saturated heterocycles. The first kappa shape index (κ1) is 14.7. The number of piperazine rings is 1. The lowest BCUT2D eigenvalue weighted by Crippen LogP contribution is -2.46. The Bertz CT molecular complexity index is 876. The maximum Gasteiger partial charge on any atom is 0.154 e. The monoisotopic (exact) mass is 330 g/mol. The van der Waals surface area contributed by atoms with Crippen LogP contribution < -0.4 is 4.90 Å². The van der Waals surface area contributed by atoms with Crippen LogP contribution in [0.3, 0.4) is 0 Å². The molecule has 2 aromatic carbocycles. The van der Waals surface area contributed by atoms with E-state index in [-0.39, 0.29) is 0 Å². The topological polar surface area (TPSA) is 35.2 Å². The highest BCUT2D eigenvalue weighted by Gasteiger charge is 2.28. The lowest BCUT2D eigenvalue weighted by Gasteiger charge is -2.35. The molecule has 0 saturated carbocycles. The zero-order chi connectivity index (χ0) is 16.6. The largest absolute Gasteiger partial charge is 0.352 e. The molecule has 1 N–H and O–H groups in total. The van der Waals surface area contributed by atoms with Crippen LogP contribution in [-0.2, 0) is 13.0 Å². The molecule has 0 bridgehead atoms. The van der Waals surface area contributed by atoms with Crippen LogP contribution >= 0.6 is 0 Å². The van der Waals surface area contributed by atoms with Crippen LogP contribution in [0.25, 0.3) is 11.3 Å². The third-order valence-electron chi connectivity index (χ3n) is 5.42. The second kappa shape index (κ2) is 6.05. The van der Waals surface area contributed by atoms with Crippen molar-refractivity contribution in [2.45, 2.75) is 13.0 Å². The molecule has 25 heavy (non-hydrogen) atoms. The summed E-state index contributed by atoms with van der Waals surface area (Å²) in [7, 11) is 0. The van der Waals surface area contributed by atoms with Gasteiger partial charge in [0.25, 0.3) is 0 Å². The third-order valence-corrected chi connectivity index (χ3v) is 5.42. The second-order valence-corrected chi connectivity index (χ2v) is 6.98. The van der Waals surface area contributed by atoms with Crippen LogP contribution in [0.2, 0.25) is 0 Å². The molecular formula is C21H22N4. The quantitative estimate of drug-likeness (QED) is 0.626. The Morgan fingerprint density at radius 3 is 2.48 bits per heavy atom. The predicted molar refractivity (Wildman–Crippen MR) is 101 cm³/mol. The molecule has 1 aromatic heterocycles. The van der Waals surface area contributed by atoms with Gasteiger partial charge in [0.2, 0.25) is 0 Å². The Labute approximate surface area is 148 Å². The average Bonchev–Trinajstić information content (AvgIpc) is 3.23. The molecule has 1 fully saturated rings. The van der Waals surface area contributed by atoms with E-state index in [0.717, 1.165) is 45.0 Å². The standard InChI is InChI=1S/C21H22N4/c1-2-6-16(7-3-1)15-24-10-12-25(13-11-24)21-19-14-17-8-4-5-9-18(17)20(19)22-23-21/h1-9H,10-15H2,(H,22,23). The minimum atomic E-state index is 1.00. The van der Waals surface area contributed by atoms with Crippen molar-refractivity contribution in [2.24, 2.45) is 0 Å². The molecule has 3 aromatic rings. The number of rotatable bonds is 3. The molecule has 4 nitrogen and oxygen atoms in total. The van der Waals surface area contributed by atoms with E-state index in [1.807, 2.05) is 0 Å². The number of H-pyrrole nitrogens is 1. The second-order valence-electron chi connectivity index (χ2n) is 6.98. The van der Waals surface area contributed by atoms with Crippen molar-refractivity contribution < 1.29 is 0 Å². The number of nitrogens with one attached hydrogen (secondary N) is 1. The van der Waals surface area contributed by atoms with Crippen LogP contribution in [0.1, 0.15) is 16.7 Å². The fourth-order valence-electron chi connectivity index (χ4n) is 4.08. The van der Waals surface area contributed by atoms with Crippen molar-refractivity contribution in [2.75, 3.05) is 31.1 Å². The fraction of sp³-hybridized carbons (Fsp3) is 0.286. The van der Waals surface area contributed by atoms with E-state index >= 15 is 0 Å². The summed E-state index contributed by atoms with van der Waals surface area (Å²) in [6.07, 6.45) is 1.00. The van der Waals surface area contributed by atoms with Crippen LogP contribution in [-0.4, -0.2) is 41.3 Å². The molecule has 2 heterocycles. The number of aromatic amines is 1. The summed E-state index contributed by atoms with van der Waals surface area (Å²) in [6, 6.07) is 19.4. The van der Waals surface area contributed by atoms with Gasteiger partial charge >= 0.3 is 0 Å². The Morgan fingerprint density at radius 1 is 0.880 bits per heavy atom. The number of hydrogen-bond acceptors (Lipinski definition) is 3. The van der Waals surface area contributed by atoms with Crippen molar-refractivity contribution in [3.63, 3.8) is 0 Å². The van der Waals surface area contributed by atoms with Gasteiger partial charge in [0, 0.05) is 50.3 Å². The van der Waals surface area contributed by atoms with Crippen LogP contribution in [0, 0.1) is 0 Å². The normalized spacial score (nSPS) is 16.7. The van der Waals surface area contributed by atoms with Gasteiger partial charge in [-0.15, -0.1) is 0 Å². The van der Waals surface area contributed by atoms with E-state index in [4.69, 9.17) is 0 Å². The smallest absolute Gasteiger partial charge is 0.154 e. The molecule has 1 aliphatic heterocycles. The Hall–Kier alpha value is -2.59. The third kappa shape index (κ3) is 2.63. The molecule has 0 radical (unpaired) electrons. The maximum absolute atomic E-state index is 4.65. The number of hydrogen-bond donors (Lipinski definition) is 1. The summed E-state index contributed by atoms with van der Waals surface area (Å²) in [5, 5.41) is 7.94. The highest BCUT2D eigenvalue weighted by atomic mass is 15.3. The van der Waals surface area contributed by atoms with Gasteiger partial charge in [-0.2, -0.15) is 5.10 Å². The van der Waals surface area contributed by atoms with E-state index in [1.54, 1.807) is 0 Å². The summed E-state index contributed by atoms with van der Waals surface area (Å²) >= 11 is 0. The zero-order valence-electron chi connectivity index (χ0n) is 14.3. The molecule has 0 amide bonds. The first-order valence-electron chi connectivity index (χ1n) is 9.05. The number of anilines is 1. The molecule has 2 aliphatic rings. The average molecular weight is 330 g/mol.